The maximum absolute atomic E-state index is 4.89. The molecule has 1 aromatic rings. The van der Waals surface area contributed by atoms with E-state index in [1.165, 1.54) is 16.7 Å². The summed E-state index contributed by atoms with van der Waals surface area (Å²) in [5, 5.41) is 0. The summed E-state index contributed by atoms with van der Waals surface area (Å²) in [6.07, 6.45) is 4.27. The molecule has 0 fully saturated rings. The van der Waals surface area contributed by atoms with Gasteiger partial charge in [-0.15, -0.1) is 0 Å². The van der Waals surface area contributed by atoms with E-state index in [9.17, 15) is 0 Å². The zero-order chi connectivity index (χ0) is 14.4. The van der Waals surface area contributed by atoms with E-state index >= 15 is 0 Å². The maximum atomic E-state index is 4.89. The van der Waals surface area contributed by atoms with Crippen molar-refractivity contribution in [2.75, 3.05) is 0 Å². The topological polar surface area (TPSA) is 12.4 Å². The normalized spacial score (nSPS) is 12.3. The number of benzene rings is 1. The van der Waals surface area contributed by atoms with Crippen LogP contribution in [0.1, 0.15) is 58.2 Å². The maximum Gasteiger partial charge on any atom is 0.0545 e. The van der Waals surface area contributed by atoms with E-state index in [-0.39, 0.29) is 0 Å². The van der Waals surface area contributed by atoms with Gasteiger partial charge in [-0.3, -0.25) is 4.99 Å². The highest BCUT2D eigenvalue weighted by atomic mass is 14.8. The van der Waals surface area contributed by atoms with E-state index in [1.807, 2.05) is 0 Å². The zero-order valence-electron chi connectivity index (χ0n) is 13.4. The summed E-state index contributed by atoms with van der Waals surface area (Å²) in [6.45, 7) is 13.5. The zero-order valence-corrected chi connectivity index (χ0v) is 13.4. The molecule has 0 aliphatic carbocycles. The molecule has 0 amide bonds. The molecular formula is C18H29N. The van der Waals surface area contributed by atoms with Crippen molar-refractivity contribution in [2.24, 2.45) is 16.8 Å². The van der Waals surface area contributed by atoms with E-state index in [4.69, 9.17) is 4.99 Å². The van der Waals surface area contributed by atoms with E-state index in [1.54, 1.807) is 0 Å². The smallest absolute Gasteiger partial charge is 0.0545 e. The van der Waals surface area contributed by atoms with Gasteiger partial charge in [0.2, 0.25) is 0 Å². The Morgan fingerprint density at radius 1 is 0.947 bits per heavy atom. The average Bonchev–Trinajstić information content (AvgIpc) is 2.37. The van der Waals surface area contributed by atoms with Gasteiger partial charge in [0.25, 0.3) is 0 Å². The van der Waals surface area contributed by atoms with Gasteiger partial charge in [0, 0.05) is 6.21 Å². The molecule has 0 bridgehead atoms. The van der Waals surface area contributed by atoms with Gasteiger partial charge in [0.1, 0.15) is 0 Å². The highest BCUT2D eigenvalue weighted by Crippen LogP contribution is 2.19. The predicted octanol–water partition coefficient (Wildman–Crippen LogP) is 4.91. The SMILES string of the molecule is CCc1cccc(CC)c1/C=N/C(C(C)C)C(C)C. The van der Waals surface area contributed by atoms with Crippen LogP contribution in [-0.4, -0.2) is 12.3 Å². The van der Waals surface area contributed by atoms with Crippen LogP contribution in [0.15, 0.2) is 23.2 Å². The van der Waals surface area contributed by atoms with Crippen molar-refractivity contribution in [1.82, 2.24) is 0 Å². The first kappa shape index (κ1) is 15.9. The Bertz CT molecular complexity index is 385. The highest BCUT2D eigenvalue weighted by molar-refractivity contribution is 5.84. The summed E-state index contributed by atoms with van der Waals surface area (Å²) >= 11 is 0. The number of nitrogens with zero attached hydrogens (tertiary/aromatic N) is 1. The number of hydrogen-bond acceptors (Lipinski definition) is 1. The van der Waals surface area contributed by atoms with Gasteiger partial charge >= 0.3 is 0 Å². The lowest BCUT2D eigenvalue weighted by Crippen LogP contribution is -2.20. The largest absolute Gasteiger partial charge is 0.289 e. The predicted molar refractivity (Wildman–Crippen MR) is 86.3 cm³/mol. The van der Waals surface area contributed by atoms with Crippen LogP contribution < -0.4 is 0 Å². The molecule has 0 saturated carbocycles. The van der Waals surface area contributed by atoms with Gasteiger partial charge in [-0.2, -0.15) is 0 Å². The fourth-order valence-electron chi connectivity index (χ4n) is 2.72. The average molecular weight is 259 g/mol. The molecule has 0 aliphatic heterocycles. The minimum atomic E-state index is 0.412. The molecule has 0 N–H and O–H groups in total. The minimum absolute atomic E-state index is 0.412. The first-order chi connectivity index (χ1) is 9.01. The molecule has 0 heterocycles. The van der Waals surface area contributed by atoms with Crippen LogP contribution in [0.3, 0.4) is 0 Å². The molecular weight excluding hydrogens is 230 g/mol. The number of rotatable bonds is 6. The molecule has 0 spiro atoms. The van der Waals surface area contributed by atoms with Gasteiger partial charge in [0.15, 0.2) is 0 Å². The molecule has 1 aromatic carbocycles. The van der Waals surface area contributed by atoms with Gasteiger partial charge in [0.05, 0.1) is 6.04 Å². The Hall–Kier alpha value is -1.11. The van der Waals surface area contributed by atoms with Crippen LogP contribution in [0.2, 0.25) is 0 Å². The Morgan fingerprint density at radius 2 is 1.42 bits per heavy atom. The number of hydrogen-bond donors (Lipinski definition) is 0. The van der Waals surface area contributed by atoms with Crippen molar-refractivity contribution in [3.63, 3.8) is 0 Å². The second kappa shape index (κ2) is 7.47. The molecule has 1 rings (SSSR count). The Morgan fingerprint density at radius 3 is 1.79 bits per heavy atom. The number of aliphatic imine (C=N–C) groups is 1. The second-order valence-corrected chi connectivity index (χ2v) is 5.95. The van der Waals surface area contributed by atoms with Crippen LogP contribution in [-0.2, 0) is 12.8 Å². The van der Waals surface area contributed by atoms with Gasteiger partial charge in [-0.1, -0.05) is 59.7 Å². The van der Waals surface area contributed by atoms with Crippen molar-refractivity contribution in [1.29, 1.82) is 0 Å². The van der Waals surface area contributed by atoms with Crippen LogP contribution in [0.4, 0.5) is 0 Å². The van der Waals surface area contributed by atoms with Crippen molar-refractivity contribution >= 4 is 6.21 Å². The Balaban J connectivity index is 3.09. The summed E-state index contributed by atoms with van der Waals surface area (Å²) < 4.78 is 0. The van der Waals surface area contributed by atoms with Crippen molar-refractivity contribution < 1.29 is 0 Å². The monoisotopic (exact) mass is 259 g/mol. The minimum Gasteiger partial charge on any atom is -0.289 e. The van der Waals surface area contributed by atoms with Crippen molar-refractivity contribution in [3.8, 4) is 0 Å². The standard InChI is InChI=1S/C18H29N/c1-7-15-10-9-11-16(8-2)17(15)12-19-18(13(3)4)14(5)6/h9-14,18H,7-8H2,1-6H3/b19-12+. The van der Waals surface area contributed by atoms with Crippen LogP contribution in [0, 0.1) is 11.8 Å². The van der Waals surface area contributed by atoms with Crippen LogP contribution in [0.5, 0.6) is 0 Å². The second-order valence-electron chi connectivity index (χ2n) is 5.95. The van der Waals surface area contributed by atoms with Gasteiger partial charge in [-0.25, -0.2) is 0 Å². The summed E-state index contributed by atoms with van der Waals surface area (Å²) in [6, 6.07) is 7.02. The lowest BCUT2D eigenvalue weighted by Gasteiger charge is -2.20. The van der Waals surface area contributed by atoms with Crippen LogP contribution in [0.25, 0.3) is 0 Å². The molecule has 0 unspecified atom stereocenters. The quantitative estimate of drug-likeness (QED) is 0.644. The molecule has 0 saturated heterocycles. The van der Waals surface area contributed by atoms with E-state index in [0.717, 1.165) is 12.8 Å². The molecule has 0 aliphatic rings. The summed E-state index contributed by atoms with van der Waals surface area (Å²) in [4.78, 5) is 4.89. The van der Waals surface area contributed by atoms with E-state index in [0.29, 0.717) is 17.9 Å². The molecule has 1 nitrogen and oxygen atoms in total. The van der Waals surface area contributed by atoms with E-state index in [2.05, 4.69) is 66.0 Å². The molecule has 0 aromatic heterocycles. The summed E-state index contributed by atoms with van der Waals surface area (Å²) in [5.41, 5.74) is 4.17. The highest BCUT2D eigenvalue weighted by Gasteiger charge is 2.15. The first-order valence-corrected chi connectivity index (χ1v) is 7.65. The third-order valence-corrected chi connectivity index (χ3v) is 3.79. The molecule has 106 valence electrons. The Kier molecular flexibility index (Phi) is 6.27. The third-order valence-electron chi connectivity index (χ3n) is 3.79. The number of aryl methyl sites for hydroxylation is 2. The van der Waals surface area contributed by atoms with Crippen molar-refractivity contribution in [3.05, 3.63) is 34.9 Å². The molecule has 19 heavy (non-hydrogen) atoms. The third kappa shape index (κ3) is 4.19. The van der Waals surface area contributed by atoms with Crippen molar-refractivity contribution in [2.45, 2.75) is 60.4 Å². The molecule has 0 atom stereocenters. The summed E-state index contributed by atoms with van der Waals surface area (Å²) in [5.74, 6) is 1.19. The fourth-order valence-corrected chi connectivity index (χ4v) is 2.72. The first-order valence-electron chi connectivity index (χ1n) is 7.65. The molecule has 0 radical (unpaired) electrons. The van der Waals surface area contributed by atoms with E-state index < -0.39 is 0 Å². The van der Waals surface area contributed by atoms with Gasteiger partial charge < -0.3 is 0 Å². The van der Waals surface area contributed by atoms with Gasteiger partial charge in [-0.05, 0) is 41.4 Å². The Labute approximate surface area is 119 Å². The van der Waals surface area contributed by atoms with Crippen LogP contribution >= 0.6 is 0 Å². The lowest BCUT2D eigenvalue weighted by molar-refractivity contribution is 0.390. The lowest BCUT2D eigenvalue weighted by atomic mass is 9.93. The fraction of sp³-hybridized carbons (Fsp3) is 0.611. The summed E-state index contributed by atoms with van der Waals surface area (Å²) in [7, 11) is 0. The molecule has 1 heteroatoms.